The lowest BCUT2D eigenvalue weighted by Crippen LogP contribution is -2.19. The van der Waals surface area contributed by atoms with Gasteiger partial charge >= 0.3 is 0 Å². The zero-order valence-corrected chi connectivity index (χ0v) is 13.0. The Balaban J connectivity index is 2.52. The monoisotopic (exact) mass is 300 g/mol. The van der Waals surface area contributed by atoms with Crippen LogP contribution in [0.5, 0.6) is 5.75 Å². The molecular formula is C14H24N2O3S. The van der Waals surface area contributed by atoms with E-state index in [4.69, 9.17) is 10.5 Å². The summed E-state index contributed by atoms with van der Waals surface area (Å²) in [6, 6.07) is 4.65. The zero-order valence-electron chi connectivity index (χ0n) is 12.2. The van der Waals surface area contributed by atoms with Crippen LogP contribution in [0.3, 0.4) is 0 Å². The smallest absolute Gasteiger partial charge is 0.242 e. The summed E-state index contributed by atoms with van der Waals surface area (Å²) in [5, 5.41) is 0. The van der Waals surface area contributed by atoms with E-state index in [9.17, 15) is 8.42 Å². The Morgan fingerprint density at radius 2 is 1.90 bits per heavy atom. The molecule has 3 N–H and O–H groups in total. The first-order valence-corrected chi connectivity index (χ1v) is 8.45. The molecule has 0 heterocycles. The molecule has 0 bridgehead atoms. The van der Waals surface area contributed by atoms with Gasteiger partial charge in [-0.25, -0.2) is 13.1 Å². The molecule has 0 aliphatic rings. The van der Waals surface area contributed by atoms with Crippen molar-refractivity contribution in [3.8, 4) is 5.75 Å². The number of sulfonamides is 1. The van der Waals surface area contributed by atoms with Crippen molar-refractivity contribution in [2.45, 2.75) is 43.9 Å². The second-order valence-corrected chi connectivity index (χ2v) is 6.52. The van der Waals surface area contributed by atoms with Gasteiger partial charge < -0.3 is 10.5 Å². The number of rotatable bonds is 9. The molecule has 0 saturated heterocycles. The number of ether oxygens (including phenoxy) is 1. The minimum absolute atomic E-state index is 0.0790. The number of nitrogen functional groups attached to an aromatic ring is 1. The number of nitrogens with two attached hydrogens (primary N) is 1. The Kier molecular flexibility index (Phi) is 6.81. The maximum atomic E-state index is 11.7. The Labute approximate surface area is 121 Å². The van der Waals surface area contributed by atoms with E-state index >= 15 is 0 Å². The molecular weight excluding hydrogens is 276 g/mol. The highest BCUT2D eigenvalue weighted by Crippen LogP contribution is 2.23. The third-order valence-electron chi connectivity index (χ3n) is 3.06. The SMILES string of the molecule is CCCCCCCOc1ccc(S(=O)(=O)NC)c(N)c1. The summed E-state index contributed by atoms with van der Waals surface area (Å²) in [6.07, 6.45) is 5.84. The average molecular weight is 300 g/mol. The number of unbranched alkanes of at least 4 members (excludes halogenated alkanes) is 4. The van der Waals surface area contributed by atoms with Gasteiger partial charge in [-0.1, -0.05) is 32.6 Å². The fourth-order valence-corrected chi connectivity index (χ4v) is 2.70. The van der Waals surface area contributed by atoms with Crippen molar-refractivity contribution in [2.24, 2.45) is 0 Å². The summed E-state index contributed by atoms with van der Waals surface area (Å²) in [5.41, 5.74) is 5.95. The Morgan fingerprint density at radius 1 is 1.20 bits per heavy atom. The fraction of sp³-hybridized carbons (Fsp3) is 0.571. The predicted octanol–water partition coefficient (Wildman–Crippen LogP) is 2.53. The van der Waals surface area contributed by atoms with Gasteiger partial charge in [0.2, 0.25) is 10.0 Å². The molecule has 1 rings (SSSR count). The normalized spacial score (nSPS) is 11.5. The molecule has 0 atom stereocenters. The highest BCUT2D eigenvalue weighted by Gasteiger charge is 2.15. The van der Waals surface area contributed by atoms with Gasteiger partial charge in [0.25, 0.3) is 0 Å². The quantitative estimate of drug-likeness (QED) is 0.542. The molecule has 0 amide bonds. The first kappa shape index (κ1) is 16.8. The molecule has 0 unspecified atom stereocenters. The largest absolute Gasteiger partial charge is 0.494 e. The van der Waals surface area contributed by atoms with Crippen molar-refractivity contribution >= 4 is 15.7 Å². The molecule has 6 heteroatoms. The van der Waals surface area contributed by atoms with Crippen LogP contribution in [0.25, 0.3) is 0 Å². The lowest BCUT2D eigenvalue weighted by Gasteiger charge is -2.10. The molecule has 0 aromatic heterocycles. The van der Waals surface area contributed by atoms with E-state index in [1.54, 1.807) is 12.1 Å². The van der Waals surface area contributed by atoms with E-state index in [0.717, 1.165) is 12.8 Å². The van der Waals surface area contributed by atoms with Gasteiger partial charge in [-0.15, -0.1) is 0 Å². The zero-order chi connectivity index (χ0) is 15.0. The van der Waals surface area contributed by atoms with E-state index in [1.165, 1.54) is 32.4 Å². The summed E-state index contributed by atoms with van der Waals surface area (Å²) >= 11 is 0. The van der Waals surface area contributed by atoms with Crippen molar-refractivity contribution in [3.05, 3.63) is 18.2 Å². The van der Waals surface area contributed by atoms with E-state index in [2.05, 4.69) is 11.6 Å². The summed E-state index contributed by atoms with van der Waals surface area (Å²) in [6.45, 7) is 2.81. The maximum absolute atomic E-state index is 11.7. The third kappa shape index (κ3) is 5.02. The molecule has 0 fully saturated rings. The summed E-state index contributed by atoms with van der Waals surface area (Å²) in [7, 11) is -2.15. The standard InChI is InChI=1S/C14H24N2O3S/c1-3-4-5-6-7-10-19-12-8-9-14(13(15)11-12)20(17,18)16-2/h8-9,11,16H,3-7,10,15H2,1-2H3. The Hall–Kier alpha value is -1.27. The van der Waals surface area contributed by atoms with Crippen LogP contribution in [0.1, 0.15) is 39.0 Å². The summed E-state index contributed by atoms with van der Waals surface area (Å²) in [4.78, 5) is 0.0790. The molecule has 20 heavy (non-hydrogen) atoms. The second kappa shape index (κ2) is 8.11. The van der Waals surface area contributed by atoms with Crippen molar-refractivity contribution in [1.82, 2.24) is 4.72 Å². The number of nitrogens with one attached hydrogen (secondary N) is 1. The molecule has 0 aliphatic heterocycles. The van der Waals surface area contributed by atoms with Crippen LogP contribution in [-0.2, 0) is 10.0 Å². The van der Waals surface area contributed by atoms with Crippen LogP contribution in [0.4, 0.5) is 5.69 Å². The first-order chi connectivity index (χ1) is 9.51. The summed E-state index contributed by atoms with van der Waals surface area (Å²) in [5.74, 6) is 0.605. The fourth-order valence-electron chi connectivity index (χ4n) is 1.87. The molecule has 1 aromatic rings. The first-order valence-electron chi connectivity index (χ1n) is 6.97. The Morgan fingerprint density at radius 3 is 2.50 bits per heavy atom. The molecule has 0 saturated carbocycles. The van der Waals surface area contributed by atoms with Gasteiger partial charge in [0.15, 0.2) is 0 Å². The molecule has 0 spiro atoms. The topological polar surface area (TPSA) is 81.4 Å². The van der Waals surface area contributed by atoms with Crippen molar-refractivity contribution < 1.29 is 13.2 Å². The van der Waals surface area contributed by atoms with Crippen LogP contribution in [0, 0.1) is 0 Å². The highest BCUT2D eigenvalue weighted by molar-refractivity contribution is 7.89. The van der Waals surface area contributed by atoms with Gasteiger partial charge in [0.05, 0.1) is 12.3 Å². The second-order valence-electron chi connectivity index (χ2n) is 4.67. The van der Waals surface area contributed by atoms with Gasteiger partial charge in [-0.2, -0.15) is 0 Å². The molecule has 1 aromatic carbocycles. The predicted molar refractivity (Wildman–Crippen MR) is 81.4 cm³/mol. The van der Waals surface area contributed by atoms with Gasteiger partial charge in [-0.3, -0.25) is 0 Å². The molecule has 0 radical (unpaired) electrons. The molecule has 114 valence electrons. The van der Waals surface area contributed by atoms with Gasteiger partial charge in [0.1, 0.15) is 10.6 Å². The van der Waals surface area contributed by atoms with Crippen LogP contribution in [0.2, 0.25) is 0 Å². The van der Waals surface area contributed by atoms with Crippen molar-refractivity contribution in [3.63, 3.8) is 0 Å². The van der Waals surface area contributed by atoms with Crippen molar-refractivity contribution in [2.75, 3.05) is 19.4 Å². The third-order valence-corrected chi connectivity index (χ3v) is 4.54. The number of benzene rings is 1. The van der Waals surface area contributed by atoms with Gasteiger partial charge in [0, 0.05) is 6.07 Å². The lowest BCUT2D eigenvalue weighted by atomic mass is 10.2. The maximum Gasteiger partial charge on any atom is 0.242 e. The highest BCUT2D eigenvalue weighted by atomic mass is 32.2. The van der Waals surface area contributed by atoms with E-state index in [0.29, 0.717) is 12.4 Å². The number of anilines is 1. The number of hydrogen-bond donors (Lipinski definition) is 2. The van der Waals surface area contributed by atoms with E-state index < -0.39 is 10.0 Å². The minimum atomic E-state index is -3.51. The molecule has 0 aliphatic carbocycles. The van der Waals surface area contributed by atoms with Crippen LogP contribution in [0.15, 0.2) is 23.1 Å². The minimum Gasteiger partial charge on any atom is -0.494 e. The van der Waals surface area contributed by atoms with Gasteiger partial charge in [-0.05, 0) is 25.6 Å². The van der Waals surface area contributed by atoms with E-state index in [-0.39, 0.29) is 10.6 Å². The summed E-state index contributed by atoms with van der Waals surface area (Å²) < 4.78 is 31.1. The average Bonchev–Trinajstić information content (AvgIpc) is 2.42. The molecule has 5 nitrogen and oxygen atoms in total. The van der Waals surface area contributed by atoms with Crippen LogP contribution < -0.4 is 15.2 Å². The Bertz CT molecular complexity index is 515. The van der Waals surface area contributed by atoms with Crippen molar-refractivity contribution in [1.29, 1.82) is 0 Å². The lowest BCUT2D eigenvalue weighted by molar-refractivity contribution is 0.304. The number of hydrogen-bond acceptors (Lipinski definition) is 4. The van der Waals surface area contributed by atoms with Crippen LogP contribution in [-0.4, -0.2) is 22.1 Å². The van der Waals surface area contributed by atoms with E-state index in [1.807, 2.05) is 0 Å². The van der Waals surface area contributed by atoms with Crippen LogP contribution >= 0.6 is 0 Å².